The molecule has 2 rings (SSSR count). The van der Waals surface area contributed by atoms with Gasteiger partial charge >= 0.3 is 0 Å². The van der Waals surface area contributed by atoms with Gasteiger partial charge in [0, 0.05) is 11.0 Å². The lowest BCUT2D eigenvalue weighted by Gasteiger charge is -2.24. The van der Waals surface area contributed by atoms with Gasteiger partial charge in [-0.25, -0.2) is 8.78 Å². The Morgan fingerprint density at radius 1 is 1.45 bits per heavy atom. The first-order valence-corrected chi connectivity index (χ1v) is 6.68. The SMILES string of the molecule is NC(=NO)C1CCCN1C(=O)c1c(F)cc(Br)cc1F. The van der Waals surface area contributed by atoms with Crippen LogP contribution in [0.1, 0.15) is 23.2 Å². The summed E-state index contributed by atoms with van der Waals surface area (Å²) in [6, 6.07) is 1.39. The number of nitrogens with zero attached hydrogens (tertiary/aromatic N) is 2. The van der Waals surface area contributed by atoms with Gasteiger partial charge in [-0.2, -0.15) is 0 Å². The minimum Gasteiger partial charge on any atom is -0.409 e. The monoisotopic (exact) mass is 347 g/mol. The molecule has 1 aromatic carbocycles. The fourth-order valence-electron chi connectivity index (χ4n) is 2.27. The molecule has 1 aliphatic heterocycles. The average molecular weight is 348 g/mol. The summed E-state index contributed by atoms with van der Waals surface area (Å²) >= 11 is 2.95. The highest BCUT2D eigenvalue weighted by molar-refractivity contribution is 9.10. The predicted molar refractivity (Wildman–Crippen MR) is 71.5 cm³/mol. The number of hydrogen-bond donors (Lipinski definition) is 2. The van der Waals surface area contributed by atoms with Crippen LogP contribution in [0.3, 0.4) is 0 Å². The van der Waals surface area contributed by atoms with E-state index in [9.17, 15) is 13.6 Å². The molecular formula is C12H12BrF2N3O2. The summed E-state index contributed by atoms with van der Waals surface area (Å²) in [4.78, 5) is 13.5. The fraction of sp³-hybridized carbons (Fsp3) is 0.333. The number of amidine groups is 1. The van der Waals surface area contributed by atoms with Crippen molar-refractivity contribution in [2.24, 2.45) is 10.9 Å². The summed E-state index contributed by atoms with van der Waals surface area (Å²) < 4.78 is 27.8. The van der Waals surface area contributed by atoms with Gasteiger partial charge in [0.25, 0.3) is 5.91 Å². The van der Waals surface area contributed by atoms with Gasteiger partial charge in [-0.3, -0.25) is 4.79 Å². The number of carbonyl (C=O) groups is 1. The van der Waals surface area contributed by atoms with Crippen LogP contribution >= 0.6 is 15.9 Å². The molecule has 8 heteroatoms. The Hall–Kier alpha value is -1.70. The second kappa shape index (κ2) is 5.74. The second-order valence-corrected chi connectivity index (χ2v) is 5.34. The van der Waals surface area contributed by atoms with Crippen LogP contribution in [0.5, 0.6) is 0 Å². The zero-order valence-corrected chi connectivity index (χ0v) is 11.9. The minimum atomic E-state index is -0.952. The molecule has 0 saturated carbocycles. The van der Waals surface area contributed by atoms with Crippen LogP contribution in [0.2, 0.25) is 0 Å². The third kappa shape index (κ3) is 2.60. The van der Waals surface area contributed by atoms with Crippen molar-refractivity contribution in [3.63, 3.8) is 0 Å². The third-order valence-electron chi connectivity index (χ3n) is 3.19. The third-order valence-corrected chi connectivity index (χ3v) is 3.65. The number of oxime groups is 1. The summed E-state index contributed by atoms with van der Waals surface area (Å²) in [5.41, 5.74) is 4.86. The van der Waals surface area contributed by atoms with Crippen LogP contribution in [0, 0.1) is 11.6 Å². The molecule has 3 N–H and O–H groups in total. The molecule has 1 aliphatic rings. The Bertz CT molecular complexity index is 557. The molecule has 1 saturated heterocycles. The first kappa shape index (κ1) is 14.7. The Balaban J connectivity index is 2.37. The van der Waals surface area contributed by atoms with E-state index in [1.54, 1.807) is 0 Å². The van der Waals surface area contributed by atoms with Gasteiger partial charge < -0.3 is 15.8 Å². The van der Waals surface area contributed by atoms with Crippen molar-refractivity contribution in [2.75, 3.05) is 6.54 Å². The van der Waals surface area contributed by atoms with Crippen LogP contribution in [0.25, 0.3) is 0 Å². The molecule has 108 valence electrons. The first-order valence-electron chi connectivity index (χ1n) is 5.88. The molecule has 5 nitrogen and oxygen atoms in total. The van der Waals surface area contributed by atoms with E-state index in [4.69, 9.17) is 10.9 Å². The summed E-state index contributed by atoms with van der Waals surface area (Å²) in [6.45, 7) is 0.300. The molecule has 1 atom stereocenters. The van der Waals surface area contributed by atoms with Gasteiger partial charge in [0.2, 0.25) is 0 Å². The molecule has 0 aliphatic carbocycles. The quantitative estimate of drug-likeness (QED) is 0.372. The van der Waals surface area contributed by atoms with E-state index in [1.807, 2.05) is 0 Å². The van der Waals surface area contributed by atoms with Crippen LogP contribution in [0.4, 0.5) is 8.78 Å². The van der Waals surface area contributed by atoms with E-state index in [1.165, 1.54) is 4.90 Å². The lowest BCUT2D eigenvalue weighted by molar-refractivity contribution is 0.0758. The number of hydrogen-bond acceptors (Lipinski definition) is 3. The van der Waals surface area contributed by atoms with Gasteiger partial charge in [-0.1, -0.05) is 21.1 Å². The highest BCUT2D eigenvalue weighted by Crippen LogP contribution is 2.25. The number of nitrogens with two attached hydrogens (primary N) is 1. The van der Waals surface area contributed by atoms with Gasteiger partial charge in [0.15, 0.2) is 5.84 Å². The van der Waals surface area contributed by atoms with Crippen LogP contribution in [-0.2, 0) is 0 Å². The maximum Gasteiger partial charge on any atom is 0.260 e. The van der Waals surface area contributed by atoms with Crippen LogP contribution < -0.4 is 5.73 Å². The molecule has 0 aromatic heterocycles. The van der Waals surface area contributed by atoms with E-state index in [2.05, 4.69) is 21.1 Å². The molecule has 1 aromatic rings. The highest BCUT2D eigenvalue weighted by atomic mass is 79.9. The van der Waals surface area contributed by atoms with Crippen LogP contribution in [-0.4, -0.2) is 34.4 Å². The molecule has 1 heterocycles. The number of carbonyl (C=O) groups excluding carboxylic acids is 1. The van der Waals surface area contributed by atoms with Gasteiger partial charge in [-0.05, 0) is 25.0 Å². The predicted octanol–water partition coefficient (Wildman–Crippen LogP) is 2.08. The molecule has 0 bridgehead atoms. The van der Waals surface area contributed by atoms with Gasteiger partial charge in [-0.15, -0.1) is 0 Å². The van der Waals surface area contributed by atoms with Crippen molar-refractivity contribution >= 4 is 27.7 Å². The lowest BCUT2D eigenvalue weighted by Crippen LogP contribution is -2.44. The first-order chi connectivity index (χ1) is 9.45. The van der Waals surface area contributed by atoms with Crippen molar-refractivity contribution in [2.45, 2.75) is 18.9 Å². The summed E-state index contributed by atoms with van der Waals surface area (Å²) in [7, 11) is 0. The Morgan fingerprint density at radius 3 is 2.60 bits per heavy atom. The maximum absolute atomic E-state index is 13.8. The fourth-order valence-corrected chi connectivity index (χ4v) is 2.68. The molecule has 0 spiro atoms. The van der Waals surface area contributed by atoms with Crippen molar-refractivity contribution in [3.8, 4) is 0 Å². The maximum atomic E-state index is 13.8. The number of likely N-dealkylation sites (tertiary alicyclic amines) is 1. The minimum absolute atomic E-state index is 0.145. The zero-order chi connectivity index (χ0) is 14.9. The highest BCUT2D eigenvalue weighted by Gasteiger charge is 2.34. The van der Waals surface area contributed by atoms with Crippen LogP contribution in [0.15, 0.2) is 21.8 Å². The summed E-state index contributed by atoms with van der Waals surface area (Å²) in [5, 5.41) is 11.5. The average Bonchev–Trinajstić information content (AvgIpc) is 2.85. The normalized spacial score (nSPS) is 19.4. The Labute approximate surface area is 122 Å². The number of amides is 1. The zero-order valence-electron chi connectivity index (χ0n) is 10.3. The smallest absolute Gasteiger partial charge is 0.260 e. The lowest BCUT2D eigenvalue weighted by atomic mass is 10.1. The molecule has 1 fully saturated rings. The number of benzene rings is 1. The topological polar surface area (TPSA) is 78.9 Å². The van der Waals surface area contributed by atoms with Gasteiger partial charge in [0.1, 0.15) is 17.2 Å². The Kier molecular flexibility index (Phi) is 4.22. The van der Waals surface area contributed by atoms with Gasteiger partial charge in [0.05, 0.1) is 6.04 Å². The number of halogens is 3. The van der Waals surface area contributed by atoms with E-state index in [0.717, 1.165) is 12.1 Å². The Morgan fingerprint density at radius 2 is 2.05 bits per heavy atom. The standard InChI is InChI=1S/C12H12BrF2N3O2/c13-6-4-7(14)10(8(15)5-6)12(19)18-3-1-2-9(18)11(16)17-20/h4-5,9,20H,1-3H2,(H2,16,17). The van der Waals surface area contributed by atoms with Crippen molar-refractivity contribution < 1.29 is 18.8 Å². The van der Waals surface area contributed by atoms with Crippen molar-refractivity contribution in [1.82, 2.24) is 4.90 Å². The second-order valence-electron chi connectivity index (χ2n) is 4.43. The van der Waals surface area contributed by atoms with E-state index >= 15 is 0 Å². The molecular weight excluding hydrogens is 336 g/mol. The molecule has 1 amide bonds. The van der Waals surface area contributed by atoms with Crippen molar-refractivity contribution in [1.29, 1.82) is 0 Å². The number of rotatable bonds is 2. The van der Waals surface area contributed by atoms with E-state index < -0.39 is 29.1 Å². The van der Waals surface area contributed by atoms with E-state index in [0.29, 0.717) is 19.4 Å². The molecule has 0 radical (unpaired) electrons. The summed E-state index contributed by atoms with van der Waals surface area (Å²) in [5.74, 6) is -2.85. The molecule has 20 heavy (non-hydrogen) atoms. The largest absolute Gasteiger partial charge is 0.409 e. The van der Waals surface area contributed by atoms with Crippen molar-refractivity contribution in [3.05, 3.63) is 33.8 Å². The van der Waals surface area contributed by atoms with E-state index in [-0.39, 0.29) is 10.3 Å². The summed E-state index contributed by atoms with van der Waals surface area (Å²) in [6.07, 6.45) is 1.10. The molecule has 1 unspecified atom stereocenters.